The zero-order chi connectivity index (χ0) is 26.2. The van der Waals surface area contributed by atoms with Crippen molar-refractivity contribution in [3.8, 4) is 0 Å². The Balaban J connectivity index is 1.45. The van der Waals surface area contributed by atoms with Gasteiger partial charge in [0.25, 0.3) is 23.3 Å². The molecule has 186 valence electrons. The Bertz CT molecular complexity index is 2470. The maximum atomic E-state index is 5.38. The lowest BCUT2D eigenvalue weighted by Crippen LogP contribution is -2.71. The molecule has 0 N–H and O–H groups in total. The van der Waals surface area contributed by atoms with Gasteiger partial charge in [-0.3, -0.25) is 9.97 Å². The molecular formula is C31H14N10+2. The van der Waals surface area contributed by atoms with Gasteiger partial charge >= 0.3 is 5.91 Å². The number of nitrogens with zero attached hydrogens (tertiary/aromatic N) is 10. The summed E-state index contributed by atoms with van der Waals surface area (Å²) in [5, 5.41) is 4.21. The van der Waals surface area contributed by atoms with Crippen LogP contribution in [0.2, 0.25) is 0 Å². The number of benzene rings is 2. The van der Waals surface area contributed by atoms with Crippen LogP contribution in [-0.2, 0) is 5.91 Å². The highest BCUT2D eigenvalue weighted by Gasteiger charge is 2.69. The molecule has 0 amide bonds. The first-order chi connectivity index (χ1) is 20.4. The molecule has 10 heterocycles. The number of fused-ring (bicyclic) bond motifs is 12. The molecule has 6 aliphatic heterocycles. The van der Waals surface area contributed by atoms with Crippen molar-refractivity contribution in [3.63, 3.8) is 0 Å². The zero-order valence-electron chi connectivity index (χ0n) is 21.1. The van der Waals surface area contributed by atoms with Crippen molar-refractivity contribution < 1.29 is 9.15 Å². The Morgan fingerprint density at radius 1 is 0.512 bits per heavy atom. The van der Waals surface area contributed by atoms with Crippen molar-refractivity contribution in [1.82, 2.24) is 19.1 Å². The van der Waals surface area contributed by atoms with Gasteiger partial charge in [0.1, 0.15) is 0 Å². The van der Waals surface area contributed by atoms with Crippen LogP contribution in [0.25, 0.3) is 21.5 Å². The first kappa shape index (κ1) is 19.2. The van der Waals surface area contributed by atoms with Crippen molar-refractivity contribution in [2.75, 3.05) is 0 Å². The fraction of sp³-hybridized carbons (Fsp3) is 0.0323. The second-order valence-electron chi connectivity index (χ2n) is 10.9. The number of amidine groups is 4. The first-order valence-electron chi connectivity index (χ1n) is 13.5. The van der Waals surface area contributed by atoms with Gasteiger partial charge in [0.05, 0.1) is 22.3 Å². The Kier molecular flexibility index (Phi) is 2.73. The molecule has 6 aliphatic rings. The monoisotopic (exact) mass is 526 g/mol. The SMILES string of the molecule is c1ccc2c3n4c(c2c1)N=C1c2cnccc2C2=[N+]1C41n4c(c5ccccc5c4=NC4=[N+]1C(=N3)c1ccncc14)=N2. The first-order valence-corrected chi connectivity index (χ1v) is 13.5. The molecular weight excluding hydrogens is 512 g/mol. The second-order valence-corrected chi connectivity index (χ2v) is 10.9. The van der Waals surface area contributed by atoms with E-state index in [2.05, 4.69) is 76.8 Å². The normalized spacial score (nSPS) is 20.8. The molecule has 1 spiro atoms. The van der Waals surface area contributed by atoms with Crippen LogP contribution in [0.5, 0.6) is 0 Å². The highest BCUT2D eigenvalue weighted by Crippen LogP contribution is 2.52. The van der Waals surface area contributed by atoms with Crippen LogP contribution >= 0.6 is 0 Å². The van der Waals surface area contributed by atoms with Crippen molar-refractivity contribution in [2.45, 2.75) is 5.91 Å². The fourth-order valence-electron chi connectivity index (χ4n) is 7.67. The lowest BCUT2D eigenvalue weighted by Gasteiger charge is -2.40. The third-order valence-corrected chi connectivity index (χ3v) is 9.17. The summed E-state index contributed by atoms with van der Waals surface area (Å²) < 4.78 is 9.12. The Morgan fingerprint density at radius 2 is 1.05 bits per heavy atom. The number of aromatic nitrogens is 4. The van der Waals surface area contributed by atoms with Crippen molar-refractivity contribution in [3.05, 3.63) is 119 Å². The summed E-state index contributed by atoms with van der Waals surface area (Å²) in [7, 11) is 0. The minimum absolute atomic E-state index is 0.820. The molecule has 4 aromatic heterocycles. The summed E-state index contributed by atoms with van der Waals surface area (Å²) in [6.07, 6.45) is 7.46. The zero-order valence-corrected chi connectivity index (χ0v) is 21.1. The summed E-state index contributed by atoms with van der Waals surface area (Å²) in [4.78, 5) is 30.5. The average Bonchev–Trinajstić information content (AvgIpc) is 3.74. The lowest BCUT2D eigenvalue weighted by molar-refractivity contribution is -0.790. The highest BCUT2D eigenvalue weighted by atomic mass is 15.7. The lowest BCUT2D eigenvalue weighted by atomic mass is 10.1. The molecule has 1 atom stereocenters. The van der Waals surface area contributed by atoms with E-state index in [1.807, 2.05) is 36.9 Å². The number of pyridine rings is 2. The van der Waals surface area contributed by atoms with Gasteiger partial charge in [0.2, 0.25) is 22.6 Å². The van der Waals surface area contributed by atoms with Gasteiger partial charge in [-0.2, -0.15) is 9.13 Å². The van der Waals surface area contributed by atoms with E-state index >= 15 is 0 Å². The maximum Gasteiger partial charge on any atom is 0.404 e. The van der Waals surface area contributed by atoms with E-state index in [1.54, 1.807) is 0 Å². The van der Waals surface area contributed by atoms with E-state index in [9.17, 15) is 0 Å². The van der Waals surface area contributed by atoms with Gasteiger partial charge in [0.15, 0.2) is 0 Å². The largest absolute Gasteiger partial charge is 0.404 e. The van der Waals surface area contributed by atoms with Crippen LogP contribution in [-0.4, -0.2) is 51.6 Å². The van der Waals surface area contributed by atoms with E-state index in [4.69, 9.17) is 20.0 Å². The topological polar surface area (TPSA) is 91.1 Å². The van der Waals surface area contributed by atoms with Crippen LogP contribution in [0.3, 0.4) is 0 Å². The van der Waals surface area contributed by atoms with Crippen LogP contribution in [0.15, 0.2) is 105 Å². The van der Waals surface area contributed by atoms with E-state index in [0.29, 0.717) is 0 Å². The summed E-state index contributed by atoms with van der Waals surface area (Å²) >= 11 is 0. The van der Waals surface area contributed by atoms with Gasteiger partial charge in [-0.15, -0.1) is 9.15 Å². The number of hydrogen-bond donors (Lipinski definition) is 0. The summed E-state index contributed by atoms with van der Waals surface area (Å²) in [5.41, 5.74) is 5.65. The minimum atomic E-state index is -0.978. The Morgan fingerprint density at radius 3 is 1.71 bits per heavy atom. The molecule has 6 aromatic rings. The Hall–Kier alpha value is -5.90. The summed E-state index contributed by atoms with van der Waals surface area (Å²) in [6.45, 7) is 0. The number of hydrogen-bond acceptors (Lipinski definition) is 6. The molecule has 0 aliphatic carbocycles. The summed E-state index contributed by atoms with van der Waals surface area (Å²) in [5.74, 6) is 4.06. The fourth-order valence-corrected chi connectivity index (χ4v) is 7.67. The van der Waals surface area contributed by atoms with Gasteiger partial charge in [-0.25, -0.2) is 0 Å². The van der Waals surface area contributed by atoms with Gasteiger partial charge in [0, 0.05) is 46.3 Å². The van der Waals surface area contributed by atoms with Crippen LogP contribution in [0, 0.1) is 0 Å². The molecule has 2 aromatic carbocycles. The smallest absolute Gasteiger partial charge is 0.264 e. The molecule has 41 heavy (non-hydrogen) atoms. The second kappa shape index (κ2) is 5.82. The molecule has 0 bridgehead atoms. The Labute approximate surface area is 229 Å². The van der Waals surface area contributed by atoms with Crippen LogP contribution in [0.1, 0.15) is 22.3 Å². The van der Waals surface area contributed by atoms with E-state index in [0.717, 1.165) is 89.8 Å². The molecule has 0 saturated heterocycles. The molecule has 1 unspecified atom stereocenters. The average molecular weight is 527 g/mol. The van der Waals surface area contributed by atoms with Gasteiger partial charge in [-0.05, 0) is 36.4 Å². The number of aliphatic imine (C=N–C) groups is 2. The van der Waals surface area contributed by atoms with Gasteiger partial charge in [-0.1, -0.05) is 44.2 Å². The highest BCUT2D eigenvalue weighted by molar-refractivity contribution is 6.20. The van der Waals surface area contributed by atoms with Crippen molar-refractivity contribution in [1.29, 1.82) is 0 Å². The van der Waals surface area contributed by atoms with Gasteiger partial charge < -0.3 is 0 Å². The molecule has 12 rings (SSSR count). The third-order valence-electron chi connectivity index (χ3n) is 9.17. The van der Waals surface area contributed by atoms with E-state index in [-0.39, 0.29) is 0 Å². The van der Waals surface area contributed by atoms with Crippen molar-refractivity contribution in [2.24, 2.45) is 20.0 Å². The summed E-state index contributed by atoms with van der Waals surface area (Å²) in [6, 6.07) is 20.9. The van der Waals surface area contributed by atoms with E-state index in [1.165, 1.54) is 0 Å². The molecule has 10 nitrogen and oxygen atoms in total. The number of rotatable bonds is 0. The molecule has 0 saturated carbocycles. The van der Waals surface area contributed by atoms with Crippen LogP contribution < -0.4 is 11.0 Å². The predicted octanol–water partition coefficient (Wildman–Crippen LogP) is 2.50. The van der Waals surface area contributed by atoms with E-state index < -0.39 is 5.91 Å². The molecule has 0 radical (unpaired) electrons. The minimum Gasteiger partial charge on any atom is -0.264 e. The molecule has 10 heteroatoms. The predicted molar refractivity (Wildman–Crippen MR) is 149 cm³/mol. The standard InChI is InChI=1S/C31H14N10/c1-3-7-17-15(5-1)23-34-27-19-9-11-32-13-21(19)30-37-26-18-8-4-2-6-16(18)24-35-28-20-10-12-33-14-22(20)29-36-25(17)38(23)31(39(24)26,40(27)30)41(28)29/h1-14H/q+2. The van der Waals surface area contributed by atoms with Crippen LogP contribution in [0.4, 0.5) is 11.6 Å². The quantitative estimate of drug-likeness (QED) is 0.285. The molecule has 0 fully saturated rings. The van der Waals surface area contributed by atoms with Crippen molar-refractivity contribution >= 4 is 56.5 Å². The third kappa shape index (κ3) is 1.74. The maximum absolute atomic E-state index is 5.38.